The van der Waals surface area contributed by atoms with Gasteiger partial charge in [0.25, 0.3) is 5.91 Å². The molecule has 2 heterocycles. The number of hydrogen-bond donors (Lipinski definition) is 0. The third kappa shape index (κ3) is 1.69. The summed E-state index contributed by atoms with van der Waals surface area (Å²) < 4.78 is 4.73. The van der Waals surface area contributed by atoms with Gasteiger partial charge in [0.1, 0.15) is 12.3 Å². The van der Waals surface area contributed by atoms with Crippen LogP contribution in [0.1, 0.15) is 10.5 Å². The third-order valence-corrected chi connectivity index (χ3v) is 2.82. The van der Waals surface area contributed by atoms with Crippen molar-refractivity contribution in [3.8, 4) is 0 Å². The molecule has 3 rings (SSSR count). The molecule has 0 radical (unpaired) electrons. The Bertz CT molecular complexity index is 639. The molecule has 90 valence electrons. The third-order valence-electron chi connectivity index (χ3n) is 2.82. The van der Waals surface area contributed by atoms with E-state index in [-0.39, 0.29) is 18.8 Å². The van der Waals surface area contributed by atoms with E-state index in [0.29, 0.717) is 0 Å². The van der Waals surface area contributed by atoms with E-state index in [1.54, 1.807) is 6.07 Å². The number of amides is 2. The standard InChI is InChI=1S/C13H10N2O3/c16-12(15-7-8-18-13(15)17)11-6-5-9-3-1-2-4-10(9)14-11/h1-6H,7-8H2. The molecule has 0 saturated carbocycles. The van der Waals surface area contributed by atoms with Crippen LogP contribution >= 0.6 is 0 Å². The normalized spacial score (nSPS) is 14.9. The quantitative estimate of drug-likeness (QED) is 0.765. The van der Waals surface area contributed by atoms with Gasteiger partial charge in [0.15, 0.2) is 0 Å². The summed E-state index contributed by atoms with van der Waals surface area (Å²) in [5.41, 5.74) is 0.989. The SMILES string of the molecule is O=C1OCCN1C(=O)c1ccc2ccccc2n1. The number of ether oxygens (including phenoxy) is 1. The highest BCUT2D eigenvalue weighted by Crippen LogP contribution is 2.14. The molecule has 0 bridgehead atoms. The van der Waals surface area contributed by atoms with Crippen molar-refractivity contribution in [1.82, 2.24) is 9.88 Å². The zero-order valence-corrected chi connectivity index (χ0v) is 9.50. The highest BCUT2D eigenvalue weighted by Gasteiger charge is 2.29. The Morgan fingerprint density at radius 3 is 2.83 bits per heavy atom. The van der Waals surface area contributed by atoms with E-state index in [1.807, 2.05) is 30.3 Å². The first-order valence-corrected chi connectivity index (χ1v) is 5.60. The van der Waals surface area contributed by atoms with Gasteiger partial charge in [-0.25, -0.2) is 14.7 Å². The number of carbonyl (C=O) groups is 2. The molecule has 5 nitrogen and oxygen atoms in total. The van der Waals surface area contributed by atoms with E-state index in [2.05, 4.69) is 4.98 Å². The highest BCUT2D eigenvalue weighted by atomic mass is 16.6. The van der Waals surface area contributed by atoms with Crippen molar-refractivity contribution in [2.24, 2.45) is 0 Å². The maximum Gasteiger partial charge on any atom is 0.417 e. The second kappa shape index (κ2) is 4.10. The Labute approximate surface area is 103 Å². The predicted molar refractivity (Wildman–Crippen MR) is 64.1 cm³/mol. The van der Waals surface area contributed by atoms with Crippen molar-refractivity contribution >= 4 is 22.9 Å². The van der Waals surface area contributed by atoms with Gasteiger partial charge < -0.3 is 4.74 Å². The number of aromatic nitrogens is 1. The van der Waals surface area contributed by atoms with Gasteiger partial charge >= 0.3 is 6.09 Å². The molecule has 0 spiro atoms. The highest BCUT2D eigenvalue weighted by molar-refractivity contribution is 6.03. The lowest BCUT2D eigenvalue weighted by atomic mass is 10.2. The fourth-order valence-electron chi connectivity index (χ4n) is 1.90. The predicted octanol–water partition coefficient (Wildman–Crippen LogP) is 1.83. The van der Waals surface area contributed by atoms with Crippen molar-refractivity contribution in [3.63, 3.8) is 0 Å². The van der Waals surface area contributed by atoms with E-state index in [1.165, 1.54) is 0 Å². The van der Waals surface area contributed by atoms with Gasteiger partial charge in [-0.05, 0) is 12.1 Å². The van der Waals surface area contributed by atoms with Crippen LogP contribution in [0.25, 0.3) is 10.9 Å². The van der Waals surface area contributed by atoms with E-state index in [9.17, 15) is 9.59 Å². The second-order valence-corrected chi connectivity index (χ2v) is 3.96. The maximum atomic E-state index is 12.1. The van der Waals surface area contributed by atoms with Gasteiger partial charge in [0, 0.05) is 5.39 Å². The van der Waals surface area contributed by atoms with Crippen LogP contribution in [0, 0.1) is 0 Å². The van der Waals surface area contributed by atoms with Crippen molar-refractivity contribution in [2.45, 2.75) is 0 Å². The van der Waals surface area contributed by atoms with Crippen LogP contribution in [0.4, 0.5) is 4.79 Å². The minimum absolute atomic E-state index is 0.248. The molecule has 1 saturated heterocycles. The minimum Gasteiger partial charge on any atom is -0.447 e. The molecule has 2 amide bonds. The second-order valence-electron chi connectivity index (χ2n) is 3.96. The van der Waals surface area contributed by atoms with Crippen LogP contribution in [0.2, 0.25) is 0 Å². The molecule has 0 N–H and O–H groups in total. The van der Waals surface area contributed by atoms with E-state index >= 15 is 0 Å². The number of pyridine rings is 1. The van der Waals surface area contributed by atoms with Crippen LogP contribution in [-0.4, -0.2) is 35.0 Å². The lowest BCUT2D eigenvalue weighted by Crippen LogP contribution is -2.32. The van der Waals surface area contributed by atoms with Crippen LogP contribution < -0.4 is 0 Å². The number of benzene rings is 1. The molecule has 2 aromatic rings. The van der Waals surface area contributed by atoms with Gasteiger partial charge in [-0.1, -0.05) is 24.3 Å². The molecule has 1 aliphatic heterocycles. The molecule has 18 heavy (non-hydrogen) atoms. The average Bonchev–Trinajstić information content (AvgIpc) is 2.83. The molecule has 1 fully saturated rings. The number of carbonyl (C=O) groups excluding carboxylic acids is 2. The Balaban J connectivity index is 1.99. The van der Waals surface area contributed by atoms with E-state index in [0.717, 1.165) is 15.8 Å². The molecule has 0 atom stereocenters. The van der Waals surface area contributed by atoms with Gasteiger partial charge in [-0.2, -0.15) is 0 Å². The average molecular weight is 242 g/mol. The Morgan fingerprint density at radius 2 is 2.06 bits per heavy atom. The molecular formula is C13H10N2O3. The van der Waals surface area contributed by atoms with Crippen LogP contribution in [-0.2, 0) is 4.74 Å². The van der Waals surface area contributed by atoms with E-state index < -0.39 is 12.0 Å². The van der Waals surface area contributed by atoms with E-state index in [4.69, 9.17) is 4.74 Å². The lowest BCUT2D eigenvalue weighted by molar-refractivity contribution is 0.0805. The molecule has 1 aromatic carbocycles. The maximum absolute atomic E-state index is 12.1. The lowest BCUT2D eigenvalue weighted by Gasteiger charge is -2.10. The number of imide groups is 1. The number of para-hydroxylation sites is 1. The van der Waals surface area contributed by atoms with Gasteiger partial charge in [-0.3, -0.25) is 4.79 Å². The topological polar surface area (TPSA) is 59.5 Å². The van der Waals surface area contributed by atoms with Gasteiger partial charge in [-0.15, -0.1) is 0 Å². The number of nitrogens with zero attached hydrogens (tertiary/aromatic N) is 2. The minimum atomic E-state index is -0.602. The number of fused-ring (bicyclic) bond motifs is 1. The summed E-state index contributed by atoms with van der Waals surface area (Å²) in [6.07, 6.45) is -0.602. The zero-order valence-electron chi connectivity index (χ0n) is 9.50. The molecule has 0 aliphatic carbocycles. The molecule has 1 aromatic heterocycles. The first-order chi connectivity index (χ1) is 8.75. The van der Waals surface area contributed by atoms with Crippen LogP contribution in [0.3, 0.4) is 0 Å². The zero-order chi connectivity index (χ0) is 12.5. The smallest absolute Gasteiger partial charge is 0.417 e. The van der Waals surface area contributed by atoms with Crippen LogP contribution in [0.15, 0.2) is 36.4 Å². The summed E-state index contributed by atoms with van der Waals surface area (Å²) in [4.78, 5) is 28.7. The summed E-state index contributed by atoms with van der Waals surface area (Å²) in [6.45, 7) is 0.532. The summed E-state index contributed by atoms with van der Waals surface area (Å²) in [5.74, 6) is -0.414. The van der Waals surface area contributed by atoms with Gasteiger partial charge in [0.05, 0.1) is 12.1 Å². The Kier molecular flexibility index (Phi) is 2.44. The number of cyclic esters (lactones) is 1. The summed E-state index contributed by atoms with van der Waals surface area (Å²) >= 11 is 0. The fraction of sp³-hybridized carbons (Fsp3) is 0.154. The first kappa shape index (κ1) is 10.7. The van der Waals surface area contributed by atoms with Crippen molar-refractivity contribution < 1.29 is 14.3 Å². The van der Waals surface area contributed by atoms with Crippen molar-refractivity contribution in [3.05, 3.63) is 42.1 Å². The fourth-order valence-corrected chi connectivity index (χ4v) is 1.90. The van der Waals surface area contributed by atoms with Crippen LogP contribution in [0.5, 0.6) is 0 Å². The molecular weight excluding hydrogens is 232 g/mol. The van der Waals surface area contributed by atoms with Gasteiger partial charge in [0.2, 0.25) is 0 Å². The summed E-state index contributed by atoms with van der Waals surface area (Å²) in [5, 5.41) is 0.957. The Morgan fingerprint density at radius 1 is 1.22 bits per heavy atom. The summed E-state index contributed by atoms with van der Waals surface area (Å²) in [6, 6.07) is 10.9. The molecule has 0 unspecified atom stereocenters. The first-order valence-electron chi connectivity index (χ1n) is 5.60. The molecule has 1 aliphatic rings. The Hall–Kier alpha value is -2.43. The molecule has 5 heteroatoms. The number of rotatable bonds is 1. The summed E-state index contributed by atoms with van der Waals surface area (Å²) in [7, 11) is 0. The largest absolute Gasteiger partial charge is 0.447 e. The van der Waals surface area contributed by atoms with Crippen molar-refractivity contribution in [2.75, 3.05) is 13.2 Å². The number of hydrogen-bond acceptors (Lipinski definition) is 4. The monoisotopic (exact) mass is 242 g/mol. The van der Waals surface area contributed by atoms with Crippen molar-refractivity contribution in [1.29, 1.82) is 0 Å².